The number of halogens is 2. The fourth-order valence-corrected chi connectivity index (χ4v) is 5.49. The van der Waals surface area contributed by atoms with Crippen molar-refractivity contribution in [3.63, 3.8) is 0 Å². The molecule has 1 atom stereocenters. The molecular weight excluding hydrogens is 414 g/mol. The fourth-order valence-electron chi connectivity index (χ4n) is 2.25. The summed E-state index contributed by atoms with van der Waals surface area (Å²) in [6.45, 7) is 0.625. The zero-order valence-electron chi connectivity index (χ0n) is 10.4. The average Bonchev–Trinajstić information content (AvgIpc) is 2.76. The van der Waals surface area contributed by atoms with Gasteiger partial charge in [0, 0.05) is 28.5 Å². The first-order valence-corrected chi connectivity index (χ1v) is 9.00. The summed E-state index contributed by atoms with van der Waals surface area (Å²) in [6, 6.07) is 4.88. The lowest BCUT2D eigenvalue weighted by Gasteiger charge is -2.17. The van der Waals surface area contributed by atoms with Gasteiger partial charge in [-0.2, -0.15) is 4.31 Å². The van der Waals surface area contributed by atoms with Crippen LogP contribution in [0.15, 0.2) is 32.0 Å². The van der Waals surface area contributed by atoms with Gasteiger partial charge in [-0.3, -0.25) is 4.79 Å². The topological polar surface area (TPSA) is 74.7 Å². The number of carboxylic acids is 1. The molecule has 0 amide bonds. The van der Waals surface area contributed by atoms with Crippen LogP contribution >= 0.6 is 31.9 Å². The maximum Gasteiger partial charge on any atom is 0.303 e. The molecule has 1 unspecified atom stereocenters. The average molecular weight is 427 g/mol. The summed E-state index contributed by atoms with van der Waals surface area (Å²) < 4.78 is 27.7. The zero-order chi connectivity index (χ0) is 14.9. The van der Waals surface area contributed by atoms with Crippen molar-refractivity contribution >= 4 is 47.9 Å². The molecule has 0 spiro atoms. The Bertz CT molecular complexity index is 632. The third-order valence-corrected chi connectivity index (χ3v) is 6.56. The molecule has 0 aromatic heterocycles. The second kappa shape index (κ2) is 6.13. The van der Waals surface area contributed by atoms with E-state index in [-0.39, 0.29) is 23.8 Å². The van der Waals surface area contributed by atoms with Gasteiger partial charge in [0.25, 0.3) is 0 Å². The zero-order valence-corrected chi connectivity index (χ0v) is 14.4. The third-order valence-electron chi connectivity index (χ3n) is 3.22. The summed E-state index contributed by atoms with van der Waals surface area (Å²) in [5.74, 6) is -1.00. The molecule has 1 N–H and O–H groups in total. The minimum Gasteiger partial charge on any atom is -0.481 e. The summed E-state index contributed by atoms with van der Waals surface area (Å²) in [4.78, 5) is 10.9. The Kier molecular flexibility index (Phi) is 4.88. The highest BCUT2D eigenvalue weighted by Gasteiger charge is 2.34. The van der Waals surface area contributed by atoms with Crippen LogP contribution in [0.5, 0.6) is 0 Å². The van der Waals surface area contributed by atoms with Gasteiger partial charge in [-0.15, -0.1) is 0 Å². The molecule has 0 aliphatic carbocycles. The van der Waals surface area contributed by atoms with E-state index < -0.39 is 16.0 Å². The summed E-state index contributed by atoms with van der Waals surface area (Å²) >= 11 is 6.54. The van der Waals surface area contributed by atoms with Gasteiger partial charge in [0.05, 0.1) is 4.90 Å². The monoisotopic (exact) mass is 425 g/mol. The molecule has 0 radical (unpaired) electrons. The normalized spacial score (nSPS) is 20.2. The van der Waals surface area contributed by atoms with Crippen LogP contribution < -0.4 is 0 Å². The van der Waals surface area contributed by atoms with Gasteiger partial charge >= 0.3 is 5.97 Å². The van der Waals surface area contributed by atoms with Crippen LogP contribution in [0.25, 0.3) is 0 Å². The van der Waals surface area contributed by atoms with E-state index in [0.717, 1.165) is 4.47 Å². The summed E-state index contributed by atoms with van der Waals surface area (Å²) in [5.41, 5.74) is 0. The molecule has 1 aromatic carbocycles. The SMILES string of the molecule is O=C(O)CC1CCN(S(=O)(=O)c2ccc(Br)cc2Br)C1. The van der Waals surface area contributed by atoms with Gasteiger partial charge in [-0.1, -0.05) is 15.9 Å². The summed E-state index contributed by atoms with van der Waals surface area (Å²) in [5, 5.41) is 8.77. The van der Waals surface area contributed by atoms with Crippen molar-refractivity contribution in [1.82, 2.24) is 4.31 Å². The van der Waals surface area contributed by atoms with E-state index in [9.17, 15) is 13.2 Å². The molecule has 20 heavy (non-hydrogen) atoms. The lowest BCUT2D eigenvalue weighted by molar-refractivity contribution is -0.137. The second-order valence-electron chi connectivity index (χ2n) is 4.69. The Morgan fingerprint density at radius 3 is 2.70 bits per heavy atom. The maximum absolute atomic E-state index is 12.5. The smallest absolute Gasteiger partial charge is 0.303 e. The molecule has 1 aliphatic heterocycles. The summed E-state index contributed by atoms with van der Waals surface area (Å²) in [7, 11) is -3.58. The standard InChI is InChI=1S/C12H13Br2NO4S/c13-9-1-2-11(10(14)6-9)20(18,19)15-4-3-8(7-15)5-12(16)17/h1-2,6,8H,3-5,7H2,(H,16,17). The lowest BCUT2D eigenvalue weighted by Crippen LogP contribution is -2.29. The Balaban J connectivity index is 2.21. The molecule has 110 valence electrons. The summed E-state index contributed by atoms with van der Waals surface area (Å²) in [6.07, 6.45) is 0.590. The third kappa shape index (κ3) is 3.41. The number of sulfonamides is 1. The van der Waals surface area contributed by atoms with Gasteiger partial charge in [-0.05, 0) is 46.5 Å². The number of hydrogen-bond acceptors (Lipinski definition) is 3. The molecule has 5 nitrogen and oxygen atoms in total. The minimum atomic E-state index is -3.58. The van der Waals surface area contributed by atoms with Crippen LogP contribution in [0, 0.1) is 5.92 Å². The van der Waals surface area contributed by atoms with Crippen molar-refractivity contribution in [2.75, 3.05) is 13.1 Å². The number of rotatable bonds is 4. The Hall–Kier alpha value is -0.440. The molecule has 0 saturated carbocycles. The number of nitrogens with zero attached hydrogens (tertiary/aromatic N) is 1. The Morgan fingerprint density at radius 2 is 2.10 bits per heavy atom. The molecule has 1 saturated heterocycles. The molecule has 1 aromatic rings. The fraction of sp³-hybridized carbons (Fsp3) is 0.417. The number of aliphatic carboxylic acids is 1. The molecule has 1 aliphatic rings. The predicted octanol–water partition coefficient (Wildman–Crippen LogP) is 2.70. The number of carboxylic acid groups (broad SMARTS) is 1. The van der Waals surface area contributed by atoms with Crippen LogP contribution in [0.1, 0.15) is 12.8 Å². The van der Waals surface area contributed by atoms with Crippen LogP contribution in [-0.4, -0.2) is 36.9 Å². The van der Waals surface area contributed by atoms with Crippen molar-refractivity contribution in [3.8, 4) is 0 Å². The van der Waals surface area contributed by atoms with E-state index in [1.807, 2.05) is 0 Å². The van der Waals surface area contributed by atoms with Crippen molar-refractivity contribution < 1.29 is 18.3 Å². The van der Waals surface area contributed by atoms with Crippen molar-refractivity contribution in [3.05, 3.63) is 27.1 Å². The predicted molar refractivity (Wildman–Crippen MR) is 81.0 cm³/mol. The van der Waals surface area contributed by atoms with Crippen LogP contribution in [-0.2, 0) is 14.8 Å². The Morgan fingerprint density at radius 1 is 1.40 bits per heavy atom. The van der Waals surface area contributed by atoms with E-state index >= 15 is 0 Å². The highest BCUT2D eigenvalue weighted by atomic mass is 79.9. The number of benzene rings is 1. The van der Waals surface area contributed by atoms with Gasteiger partial charge in [0.2, 0.25) is 10.0 Å². The molecule has 1 fully saturated rings. The second-order valence-corrected chi connectivity index (χ2v) is 8.37. The van der Waals surface area contributed by atoms with E-state index in [1.54, 1.807) is 12.1 Å². The highest BCUT2D eigenvalue weighted by Crippen LogP contribution is 2.31. The lowest BCUT2D eigenvalue weighted by atomic mass is 10.1. The maximum atomic E-state index is 12.5. The quantitative estimate of drug-likeness (QED) is 0.803. The van der Waals surface area contributed by atoms with E-state index in [0.29, 0.717) is 17.4 Å². The number of carbonyl (C=O) groups is 1. The largest absolute Gasteiger partial charge is 0.481 e. The minimum absolute atomic E-state index is 0.00747. The van der Waals surface area contributed by atoms with Gasteiger partial charge < -0.3 is 5.11 Å². The van der Waals surface area contributed by atoms with Crippen molar-refractivity contribution in [2.45, 2.75) is 17.7 Å². The number of hydrogen-bond donors (Lipinski definition) is 1. The van der Waals surface area contributed by atoms with E-state index in [1.165, 1.54) is 10.4 Å². The molecule has 8 heteroatoms. The van der Waals surface area contributed by atoms with Crippen LogP contribution in [0.2, 0.25) is 0 Å². The molecule has 0 bridgehead atoms. The van der Waals surface area contributed by atoms with Gasteiger partial charge in [0.15, 0.2) is 0 Å². The van der Waals surface area contributed by atoms with Crippen LogP contribution in [0.4, 0.5) is 0 Å². The first-order valence-electron chi connectivity index (χ1n) is 5.97. The first kappa shape index (κ1) is 15.9. The molecular formula is C12H13Br2NO4S. The van der Waals surface area contributed by atoms with Crippen molar-refractivity contribution in [2.24, 2.45) is 5.92 Å². The Labute approximate surface area is 134 Å². The molecule has 1 heterocycles. The van der Waals surface area contributed by atoms with Gasteiger partial charge in [0.1, 0.15) is 0 Å². The highest BCUT2D eigenvalue weighted by molar-refractivity contribution is 9.11. The van der Waals surface area contributed by atoms with Crippen molar-refractivity contribution in [1.29, 1.82) is 0 Å². The van der Waals surface area contributed by atoms with Gasteiger partial charge in [-0.25, -0.2) is 8.42 Å². The van der Waals surface area contributed by atoms with E-state index in [2.05, 4.69) is 31.9 Å². The van der Waals surface area contributed by atoms with E-state index in [4.69, 9.17) is 5.11 Å². The van der Waals surface area contributed by atoms with Crippen LogP contribution in [0.3, 0.4) is 0 Å². The molecule has 2 rings (SSSR count). The first-order chi connectivity index (χ1) is 9.30.